The van der Waals surface area contributed by atoms with Gasteiger partial charge in [-0.1, -0.05) is 29.8 Å². The van der Waals surface area contributed by atoms with Crippen molar-refractivity contribution in [2.24, 2.45) is 5.92 Å². The average Bonchev–Trinajstić information content (AvgIpc) is 3.15. The number of aryl methyl sites for hydroxylation is 1. The van der Waals surface area contributed by atoms with Crippen molar-refractivity contribution in [3.05, 3.63) is 59.2 Å². The van der Waals surface area contributed by atoms with Crippen LogP contribution in [0.5, 0.6) is 5.75 Å². The molecule has 2 aromatic carbocycles. The van der Waals surface area contributed by atoms with Crippen LogP contribution in [-0.4, -0.2) is 39.6 Å². The Morgan fingerprint density at radius 3 is 2.82 bits per heavy atom. The van der Waals surface area contributed by atoms with Gasteiger partial charge in [0.05, 0.1) is 11.5 Å². The summed E-state index contributed by atoms with van der Waals surface area (Å²) in [5.74, 6) is 1.36. The largest absolute Gasteiger partial charge is 0.493 e. The minimum atomic E-state index is -3.44. The van der Waals surface area contributed by atoms with E-state index < -0.39 is 10.0 Å². The number of likely N-dealkylation sites (tertiary alicyclic amines) is 1. The molecule has 5 nitrogen and oxygen atoms in total. The van der Waals surface area contributed by atoms with Crippen molar-refractivity contribution in [2.75, 3.05) is 26.2 Å². The van der Waals surface area contributed by atoms with Crippen LogP contribution >= 0.6 is 0 Å². The molecule has 150 valence electrons. The summed E-state index contributed by atoms with van der Waals surface area (Å²) in [6, 6.07) is 13.5. The summed E-state index contributed by atoms with van der Waals surface area (Å²) >= 11 is 0. The van der Waals surface area contributed by atoms with Gasteiger partial charge in [0.25, 0.3) is 0 Å². The number of hydrogen-bond donors (Lipinski definition) is 1. The van der Waals surface area contributed by atoms with Crippen molar-refractivity contribution >= 4 is 10.0 Å². The molecule has 1 unspecified atom stereocenters. The molecular weight excluding hydrogens is 372 g/mol. The number of sulfonamides is 1. The molecule has 0 aliphatic carbocycles. The lowest BCUT2D eigenvalue weighted by Gasteiger charge is -2.33. The molecule has 0 aromatic heterocycles. The molecule has 0 radical (unpaired) electrons. The lowest BCUT2D eigenvalue weighted by atomic mass is 9.97. The van der Waals surface area contributed by atoms with Crippen molar-refractivity contribution in [1.29, 1.82) is 0 Å². The third-order valence-electron chi connectivity index (χ3n) is 5.66. The van der Waals surface area contributed by atoms with E-state index in [0.717, 1.165) is 56.8 Å². The first-order valence-corrected chi connectivity index (χ1v) is 11.5. The Morgan fingerprint density at radius 1 is 1.18 bits per heavy atom. The second-order valence-electron chi connectivity index (χ2n) is 7.95. The highest BCUT2D eigenvalue weighted by atomic mass is 32.2. The zero-order valence-corrected chi connectivity index (χ0v) is 17.2. The highest BCUT2D eigenvalue weighted by molar-refractivity contribution is 7.89. The predicted octanol–water partition coefficient (Wildman–Crippen LogP) is 3.12. The van der Waals surface area contributed by atoms with Gasteiger partial charge >= 0.3 is 0 Å². The predicted molar refractivity (Wildman–Crippen MR) is 110 cm³/mol. The number of rotatable bonds is 6. The van der Waals surface area contributed by atoms with E-state index in [0.29, 0.717) is 17.4 Å². The minimum absolute atomic E-state index is 0.339. The van der Waals surface area contributed by atoms with E-state index in [1.165, 1.54) is 11.1 Å². The maximum absolute atomic E-state index is 12.5. The fourth-order valence-corrected chi connectivity index (χ4v) is 5.20. The van der Waals surface area contributed by atoms with Gasteiger partial charge in [-0.05, 0) is 61.6 Å². The Morgan fingerprint density at radius 2 is 2.00 bits per heavy atom. The summed E-state index contributed by atoms with van der Waals surface area (Å²) in [5, 5.41) is 0. The van der Waals surface area contributed by atoms with Gasteiger partial charge in [0.1, 0.15) is 5.75 Å². The van der Waals surface area contributed by atoms with Gasteiger partial charge in [0.2, 0.25) is 10.0 Å². The number of hydrogen-bond acceptors (Lipinski definition) is 4. The molecule has 1 fully saturated rings. The summed E-state index contributed by atoms with van der Waals surface area (Å²) in [4.78, 5) is 2.78. The van der Waals surface area contributed by atoms with Gasteiger partial charge in [0.15, 0.2) is 0 Å². The van der Waals surface area contributed by atoms with Gasteiger partial charge in [-0.15, -0.1) is 0 Å². The zero-order valence-electron chi connectivity index (χ0n) is 16.4. The first-order valence-electron chi connectivity index (χ1n) is 10.0. The third kappa shape index (κ3) is 4.57. The molecule has 0 saturated carbocycles. The number of piperidine rings is 1. The molecule has 2 aromatic rings. The van der Waals surface area contributed by atoms with E-state index in [1.54, 1.807) is 12.1 Å². The van der Waals surface area contributed by atoms with Gasteiger partial charge in [-0.3, -0.25) is 4.90 Å². The first kappa shape index (κ1) is 19.4. The average molecular weight is 401 g/mol. The van der Waals surface area contributed by atoms with E-state index in [4.69, 9.17) is 4.74 Å². The molecule has 0 amide bonds. The van der Waals surface area contributed by atoms with Crippen LogP contribution in [0.2, 0.25) is 0 Å². The molecular formula is C22H28N2O3S. The molecule has 1 saturated heterocycles. The lowest BCUT2D eigenvalue weighted by molar-refractivity contribution is 0.169. The molecule has 1 N–H and O–H groups in total. The third-order valence-corrected chi connectivity index (χ3v) is 7.10. The van der Waals surface area contributed by atoms with E-state index in [-0.39, 0.29) is 0 Å². The number of benzene rings is 2. The van der Waals surface area contributed by atoms with E-state index in [9.17, 15) is 8.42 Å². The van der Waals surface area contributed by atoms with Crippen molar-refractivity contribution in [2.45, 2.75) is 37.6 Å². The van der Waals surface area contributed by atoms with Crippen LogP contribution in [0.4, 0.5) is 0 Å². The molecule has 0 bridgehead atoms. The van der Waals surface area contributed by atoms with Crippen LogP contribution in [0.3, 0.4) is 0 Å². The zero-order chi connectivity index (χ0) is 19.6. The lowest BCUT2D eigenvalue weighted by Crippen LogP contribution is -2.40. The molecule has 6 heteroatoms. The molecule has 0 spiro atoms. The van der Waals surface area contributed by atoms with Crippen molar-refractivity contribution in [3.63, 3.8) is 0 Å². The number of fused-ring (bicyclic) bond motifs is 1. The highest BCUT2D eigenvalue weighted by Gasteiger charge is 2.23. The van der Waals surface area contributed by atoms with Gasteiger partial charge in [0, 0.05) is 26.1 Å². The SMILES string of the molecule is Cc1ccc(S(=O)(=O)NCC2CCCN(Cc3ccc4c(c3)CCO4)C2)cc1. The van der Waals surface area contributed by atoms with Crippen LogP contribution in [0, 0.1) is 12.8 Å². The topological polar surface area (TPSA) is 58.6 Å². The Bertz CT molecular complexity index is 925. The number of nitrogens with zero attached hydrogens (tertiary/aromatic N) is 1. The molecule has 1 atom stereocenters. The fraction of sp³-hybridized carbons (Fsp3) is 0.455. The van der Waals surface area contributed by atoms with E-state index >= 15 is 0 Å². The number of ether oxygens (including phenoxy) is 1. The summed E-state index contributed by atoms with van der Waals surface area (Å²) in [5.41, 5.74) is 3.67. The Labute approximate surface area is 167 Å². The molecule has 28 heavy (non-hydrogen) atoms. The first-order chi connectivity index (χ1) is 13.5. The smallest absolute Gasteiger partial charge is 0.240 e. The number of nitrogens with one attached hydrogen (secondary N) is 1. The summed E-state index contributed by atoms with van der Waals surface area (Å²) in [6.45, 7) is 6.12. The standard InChI is InChI=1S/C22H28N2O3S/c1-17-4-7-21(8-5-17)28(25,26)23-14-19-3-2-11-24(16-19)15-18-6-9-22-20(13-18)10-12-27-22/h4-9,13,19,23H,2-3,10-12,14-16H2,1H3. The van der Waals surface area contributed by atoms with Gasteiger partial charge < -0.3 is 4.74 Å². The fourth-order valence-electron chi connectivity index (χ4n) is 4.09. The monoisotopic (exact) mass is 400 g/mol. The normalized spacial score (nSPS) is 20.0. The van der Waals surface area contributed by atoms with Crippen LogP contribution in [0.1, 0.15) is 29.5 Å². The summed E-state index contributed by atoms with van der Waals surface area (Å²) in [7, 11) is -3.44. The molecule has 4 rings (SSSR count). The van der Waals surface area contributed by atoms with Crippen molar-refractivity contribution < 1.29 is 13.2 Å². The van der Waals surface area contributed by atoms with Crippen LogP contribution < -0.4 is 9.46 Å². The molecule has 2 aliphatic rings. The summed E-state index contributed by atoms with van der Waals surface area (Å²) < 4.78 is 33.5. The van der Waals surface area contributed by atoms with Crippen molar-refractivity contribution in [1.82, 2.24) is 9.62 Å². The highest BCUT2D eigenvalue weighted by Crippen LogP contribution is 2.27. The minimum Gasteiger partial charge on any atom is -0.493 e. The Balaban J connectivity index is 1.33. The van der Waals surface area contributed by atoms with Crippen molar-refractivity contribution in [3.8, 4) is 5.75 Å². The Hall–Kier alpha value is -1.89. The van der Waals surface area contributed by atoms with Gasteiger partial charge in [-0.25, -0.2) is 13.1 Å². The van der Waals surface area contributed by atoms with E-state index in [2.05, 4.69) is 27.8 Å². The quantitative estimate of drug-likeness (QED) is 0.809. The second kappa shape index (κ2) is 8.23. The maximum Gasteiger partial charge on any atom is 0.240 e. The molecule has 2 aliphatic heterocycles. The maximum atomic E-state index is 12.5. The van der Waals surface area contributed by atoms with E-state index in [1.807, 2.05) is 19.1 Å². The van der Waals surface area contributed by atoms with Crippen LogP contribution in [0.15, 0.2) is 47.4 Å². The van der Waals surface area contributed by atoms with Crippen LogP contribution in [-0.2, 0) is 23.0 Å². The van der Waals surface area contributed by atoms with Crippen LogP contribution in [0.25, 0.3) is 0 Å². The molecule has 2 heterocycles. The summed E-state index contributed by atoms with van der Waals surface area (Å²) in [6.07, 6.45) is 3.16. The second-order valence-corrected chi connectivity index (χ2v) is 9.72. The van der Waals surface area contributed by atoms with Gasteiger partial charge in [-0.2, -0.15) is 0 Å². The Kier molecular flexibility index (Phi) is 5.71.